The van der Waals surface area contributed by atoms with Gasteiger partial charge in [0.15, 0.2) is 0 Å². The van der Waals surface area contributed by atoms with Gasteiger partial charge in [0, 0.05) is 6.04 Å². The lowest BCUT2D eigenvalue weighted by Gasteiger charge is -2.14. The van der Waals surface area contributed by atoms with E-state index in [0.29, 0.717) is 12.0 Å². The monoisotopic (exact) mass is 299 g/mol. The van der Waals surface area contributed by atoms with Gasteiger partial charge in [0.2, 0.25) is 0 Å². The Morgan fingerprint density at radius 1 is 1.29 bits per heavy atom. The molecule has 1 aromatic rings. The van der Waals surface area contributed by atoms with Crippen LogP contribution in [0.4, 0.5) is 0 Å². The third-order valence-corrected chi connectivity index (χ3v) is 3.46. The number of benzene rings is 1. The maximum absolute atomic E-state index is 5.75. The van der Waals surface area contributed by atoms with Gasteiger partial charge in [0.25, 0.3) is 0 Å². The molecule has 0 aliphatic heterocycles. The maximum atomic E-state index is 5.75. The Balaban J connectivity index is 2.63. The van der Waals surface area contributed by atoms with Crippen molar-refractivity contribution in [3.8, 4) is 5.75 Å². The molecule has 17 heavy (non-hydrogen) atoms. The molecule has 0 radical (unpaired) electrons. The van der Waals surface area contributed by atoms with Crippen LogP contribution in [0.5, 0.6) is 5.75 Å². The molecule has 0 heterocycles. The van der Waals surface area contributed by atoms with Crippen molar-refractivity contribution in [1.29, 1.82) is 0 Å². The second-order valence-corrected chi connectivity index (χ2v) is 5.59. The molecule has 1 aromatic carbocycles. The minimum absolute atomic E-state index is 0.357. The lowest BCUT2D eigenvalue weighted by atomic mass is 10.1. The summed E-state index contributed by atoms with van der Waals surface area (Å²) in [6, 6.07) is 6.62. The molecule has 0 bridgehead atoms. The lowest BCUT2D eigenvalue weighted by Crippen LogP contribution is -2.12. The smallest absolute Gasteiger partial charge is 0.133 e. The zero-order valence-corrected chi connectivity index (χ0v) is 12.7. The van der Waals surface area contributed by atoms with Crippen LogP contribution in [0.1, 0.15) is 38.8 Å². The highest BCUT2D eigenvalue weighted by Crippen LogP contribution is 2.28. The maximum Gasteiger partial charge on any atom is 0.133 e. The van der Waals surface area contributed by atoms with Crippen molar-refractivity contribution in [3.05, 3.63) is 28.2 Å². The van der Waals surface area contributed by atoms with Crippen LogP contribution in [-0.4, -0.2) is 13.7 Å². The second-order valence-electron chi connectivity index (χ2n) is 4.73. The normalized spacial score (nSPS) is 12.8. The summed E-state index contributed by atoms with van der Waals surface area (Å²) in [5.74, 6) is 1.61. The Morgan fingerprint density at radius 2 is 2.00 bits per heavy atom. The summed E-state index contributed by atoms with van der Waals surface area (Å²) in [4.78, 5) is 0. The van der Waals surface area contributed by atoms with E-state index in [9.17, 15) is 0 Å². The predicted octanol–water partition coefficient (Wildman–Crippen LogP) is 4.15. The average Bonchev–Trinajstić information content (AvgIpc) is 2.29. The standard InChI is InChI=1S/C14H22BrNO/c1-10(2)7-8-17-14-6-5-12(9-13(14)15)11(3)16-4/h5-6,9-11,16H,7-8H2,1-4H3. The highest BCUT2D eigenvalue weighted by molar-refractivity contribution is 9.10. The highest BCUT2D eigenvalue weighted by Gasteiger charge is 2.07. The van der Waals surface area contributed by atoms with Gasteiger partial charge in [0.1, 0.15) is 5.75 Å². The first-order valence-corrected chi connectivity index (χ1v) is 6.93. The van der Waals surface area contributed by atoms with Crippen LogP contribution in [0.25, 0.3) is 0 Å². The van der Waals surface area contributed by atoms with Crippen molar-refractivity contribution in [2.24, 2.45) is 5.92 Å². The van der Waals surface area contributed by atoms with Crippen LogP contribution in [0, 0.1) is 5.92 Å². The summed E-state index contributed by atoms with van der Waals surface area (Å²) in [6.45, 7) is 7.32. The number of ether oxygens (including phenoxy) is 1. The highest BCUT2D eigenvalue weighted by atomic mass is 79.9. The summed E-state index contributed by atoms with van der Waals surface area (Å²) in [5, 5.41) is 3.22. The molecule has 1 N–H and O–H groups in total. The Bertz CT molecular complexity index is 352. The van der Waals surface area contributed by atoms with Gasteiger partial charge in [-0.3, -0.25) is 0 Å². The number of halogens is 1. The fourth-order valence-electron chi connectivity index (χ4n) is 1.47. The van der Waals surface area contributed by atoms with Gasteiger partial charge >= 0.3 is 0 Å². The Labute approximate surface area is 113 Å². The minimum Gasteiger partial charge on any atom is -0.492 e. The lowest BCUT2D eigenvalue weighted by molar-refractivity contribution is 0.288. The molecule has 0 amide bonds. The quantitative estimate of drug-likeness (QED) is 0.852. The minimum atomic E-state index is 0.357. The van der Waals surface area contributed by atoms with Crippen molar-refractivity contribution in [1.82, 2.24) is 5.32 Å². The first-order chi connectivity index (χ1) is 8.04. The third-order valence-electron chi connectivity index (χ3n) is 2.84. The molecule has 0 saturated carbocycles. The van der Waals surface area contributed by atoms with E-state index in [0.717, 1.165) is 23.2 Å². The fourth-order valence-corrected chi connectivity index (χ4v) is 1.99. The fraction of sp³-hybridized carbons (Fsp3) is 0.571. The molecule has 3 heteroatoms. The van der Waals surface area contributed by atoms with E-state index < -0.39 is 0 Å². The molecule has 0 aliphatic carbocycles. The van der Waals surface area contributed by atoms with Crippen molar-refractivity contribution >= 4 is 15.9 Å². The van der Waals surface area contributed by atoms with Crippen LogP contribution in [-0.2, 0) is 0 Å². The van der Waals surface area contributed by atoms with Crippen LogP contribution in [0.2, 0.25) is 0 Å². The molecule has 1 rings (SSSR count). The topological polar surface area (TPSA) is 21.3 Å². The van der Waals surface area contributed by atoms with Crippen LogP contribution in [0.15, 0.2) is 22.7 Å². The summed E-state index contributed by atoms with van der Waals surface area (Å²) in [5.41, 5.74) is 1.26. The van der Waals surface area contributed by atoms with Crippen molar-refractivity contribution < 1.29 is 4.74 Å². The zero-order valence-electron chi connectivity index (χ0n) is 11.1. The molecule has 1 atom stereocenters. The van der Waals surface area contributed by atoms with Crippen LogP contribution in [0.3, 0.4) is 0 Å². The predicted molar refractivity (Wildman–Crippen MR) is 76.6 cm³/mol. The van der Waals surface area contributed by atoms with Gasteiger partial charge in [-0.15, -0.1) is 0 Å². The second kappa shape index (κ2) is 7.02. The van der Waals surface area contributed by atoms with E-state index in [2.05, 4.69) is 54.2 Å². The van der Waals surface area contributed by atoms with Gasteiger partial charge in [-0.1, -0.05) is 19.9 Å². The summed E-state index contributed by atoms with van der Waals surface area (Å²) in [6.07, 6.45) is 1.08. The summed E-state index contributed by atoms with van der Waals surface area (Å²) >= 11 is 3.56. The SMILES string of the molecule is CNC(C)c1ccc(OCCC(C)C)c(Br)c1. The van der Waals surface area contributed by atoms with E-state index in [-0.39, 0.29) is 0 Å². The van der Waals surface area contributed by atoms with E-state index in [1.165, 1.54) is 5.56 Å². The summed E-state index contributed by atoms with van der Waals surface area (Å²) in [7, 11) is 1.96. The largest absolute Gasteiger partial charge is 0.492 e. The van der Waals surface area contributed by atoms with Gasteiger partial charge < -0.3 is 10.1 Å². The number of rotatable bonds is 6. The van der Waals surface area contributed by atoms with Gasteiger partial charge in [-0.05, 0) is 59.9 Å². The molecule has 0 aromatic heterocycles. The zero-order chi connectivity index (χ0) is 12.8. The van der Waals surface area contributed by atoms with E-state index >= 15 is 0 Å². The van der Waals surface area contributed by atoms with Gasteiger partial charge in [0.05, 0.1) is 11.1 Å². The van der Waals surface area contributed by atoms with E-state index in [1.54, 1.807) is 0 Å². The van der Waals surface area contributed by atoms with Crippen molar-refractivity contribution in [3.63, 3.8) is 0 Å². The number of hydrogen-bond acceptors (Lipinski definition) is 2. The number of nitrogens with one attached hydrogen (secondary N) is 1. The molecule has 0 fully saturated rings. The molecule has 0 aliphatic rings. The Morgan fingerprint density at radius 3 is 2.53 bits per heavy atom. The van der Waals surface area contributed by atoms with E-state index in [1.807, 2.05) is 13.1 Å². The van der Waals surface area contributed by atoms with Crippen molar-refractivity contribution in [2.75, 3.05) is 13.7 Å². The summed E-state index contributed by atoms with van der Waals surface area (Å²) < 4.78 is 6.78. The molecule has 1 unspecified atom stereocenters. The molecular weight excluding hydrogens is 278 g/mol. The molecule has 0 spiro atoms. The van der Waals surface area contributed by atoms with Gasteiger partial charge in [-0.2, -0.15) is 0 Å². The molecular formula is C14H22BrNO. The van der Waals surface area contributed by atoms with Crippen molar-refractivity contribution in [2.45, 2.75) is 33.2 Å². The molecule has 96 valence electrons. The average molecular weight is 300 g/mol. The van der Waals surface area contributed by atoms with Gasteiger partial charge in [-0.25, -0.2) is 0 Å². The molecule has 0 saturated heterocycles. The molecule has 2 nitrogen and oxygen atoms in total. The first-order valence-electron chi connectivity index (χ1n) is 6.14. The number of hydrogen-bond donors (Lipinski definition) is 1. The Hall–Kier alpha value is -0.540. The van der Waals surface area contributed by atoms with E-state index in [4.69, 9.17) is 4.74 Å². The van der Waals surface area contributed by atoms with Crippen LogP contribution < -0.4 is 10.1 Å². The van der Waals surface area contributed by atoms with Crippen LogP contribution >= 0.6 is 15.9 Å². The first kappa shape index (κ1) is 14.5. The third kappa shape index (κ3) is 4.68. The Kier molecular flexibility index (Phi) is 6.00.